The molecule has 0 spiro atoms. The first-order chi connectivity index (χ1) is 22.1. The number of hydrogen-bond acceptors (Lipinski definition) is 7. The van der Waals surface area contributed by atoms with Gasteiger partial charge in [0.25, 0.3) is 0 Å². The van der Waals surface area contributed by atoms with Gasteiger partial charge >= 0.3 is 0 Å². The smallest absolute Gasteiger partial charge is 0.249 e. The summed E-state index contributed by atoms with van der Waals surface area (Å²) in [5.74, 6) is -0.707. The average Bonchev–Trinajstić information content (AvgIpc) is 3.61. The Bertz CT molecular complexity index is 1810. The van der Waals surface area contributed by atoms with Gasteiger partial charge in [0.1, 0.15) is 18.1 Å². The highest BCUT2D eigenvalue weighted by atomic mass is 32.2. The maximum Gasteiger partial charge on any atom is 0.249 e. The lowest BCUT2D eigenvalue weighted by Gasteiger charge is -2.34. The van der Waals surface area contributed by atoms with Crippen molar-refractivity contribution in [2.24, 2.45) is 7.05 Å². The number of fused-ring (bicyclic) bond motifs is 1. The second-order valence-corrected chi connectivity index (χ2v) is 14.4. The first kappa shape index (κ1) is 31.9. The van der Waals surface area contributed by atoms with Gasteiger partial charge in [0, 0.05) is 43.1 Å². The van der Waals surface area contributed by atoms with Crippen molar-refractivity contribution < 1.29 is 18.0 Å². The highest BCUT2D eigenvalue weighted by molar-refractivity contribution is 7.89. The molecule has 46 heavy (non-hydrogen) atoms. The molecule has 1 aliphatic carbocycles. The second kappa shape index (κ2) is 13.3. The summed E-state index contributed by atoms with van der Waals surface area (Å²) in [4.78, 5) is 30.4. The number of nitrogens with zero attached hydrogens (tertiary/aromatic N) is 7. The predicted octanol–water partition coefficient (Wildman–Crippen LogP) is 4.26. The van der Waals surface area contributed by atoms with Gasteiger partial charge in [-0.3, -0.25) is 19.2 Å². The summed E-state index contributed by atoms with van der Waals surface area (Å²) in [6, 6.07) is 12.5. The van der Waals surface area contributed by atoms with Crippen LogP contribution in [0.1, 0.15) is 75.6 Å². The monoisotopic (exact) mass is 646 g/mol. The van der Waals surface area contributed by atoms with Crippen molar-refractivity contribution in [2.45, 2.75) is 94.8 Å². The SMILES string of the molecule is Cc1nn(C)cc1[C@@H](C(=O)NC1CCCCC1)N(C(=O)Cn1nnc2ccccc21)c1ccc(S(=O)(=O)N2CCCC[C@@H]2C)cc1. The first-order valence-electron chi connectivity index (χ1n) is 16.2. The Kier molecular flexibility index (Phi) is 9.23. The van der Waals surface area contributed by atoms with Crippen LogP contribution in [0.3, 0.4) is 0 Å². The number of piperidine rings is 1. The number of rotatable bonds is 9. The van der Waals surface area contributed by atoms with Crippen molar-refractivity contribution in [1.29, 1.82) is 0 Å². The highest BCUT2D eigenvalue weighted by Gasteiger charge is 2.37. The van der Waals surface area contributed by atoms with Crippen LogP contribution in [0.2, 0.25) is 0 Å². The molecule has 2 aromatic carbocycles. The van der Waals surface area contributed by atoms with Gasteiger partial charge in [-0.25, -0.2) is 13.1 Å². The van der Waals surface area contributed by atoms with E-state index in [0.29, 0.717) is 34.5 Å². The quantitative estimate of drug-likeness (QED) is 0.287. The molecule has 6 rings (SSSR count). The van der Waals surface area contributed by atoms with Gasteiger partial charge in [0.05, 0.1) is 16.1 Å². The van der Waals surface area contributed by atoms with E-state index in [1.165, 1.54) is 21.7 Å². The lowest BCUT2D eigenvalue weighted by Crippen LogP contribution is -2.48. The molecule has 0 radical (unpaired) electrons. The number of sulfonamides is 1. The fraction of sp³-hybridized carbons (Fsp3) is 0.485. The van der Waals surface area contributed by atoms with Crippen LogP contribution in [0.15, 0.2) is 59.6 Å². The average molecular weight is 647 g/mol. The van der Waals surface area contributed by atoms with Gasteiger partial charge in [-0.05, 0) is 75.9 Å². The van der Waals surface area contributed by atoms with Crippen LogP contribution >= 0.6 is 0 Å². The molecule has 2 atom stereocenters. The van der Waals surface area contributed by atoms with E-state index in [-0.39, 0.29) is 29.4 Å². The van der Waals surface area contributed by atoms with Gasteiger partial charge in [-0.2, -0.15) is 9.40 Å². The van der Waals surface area contributed by atoms with Crippen molar-refractivity contribution >= 4 is 38.6 Å². The van der Waals surface area contributed by atoms with Crippen molar-refractivity contribution in [2.75, 3.05) is 11.4 Å². The number of carbonyl (C=O) groups excluding carboxylic acids is 2. The van der Waals surface area contributed by atoms with Gasteiger partial charge in [-0.1, -0.05) is 43.0 Å². The summed E-state index contributed by atoms with van der Waals surface area (Å²) in [5, 5.41) is 16.2. The number of nitrogens with one attached hydrogen (secondary N) is 1. The van der Waals surface area contributed by atoms with E-state index in [1.807, 2.05) is 38.1 Å². The van der Waals surface area contributed by atoms with Crippen molar-refractivity contribution in [1.82, 2.24) is 34.4 Å². The predicted molar refractivity (Wildman–Crippen MR) is 174 cm³/mol. The molecular formula is C33H42N8O4S. The van der Waals surface area contributed by atoms with E-state index in [2.05, 4.69) is 20.7 Å². The molecular weight excluding hydrogens is 604 g/mol. The Labute approximate surface area is 269 Å². The summed E-state index contributed by atoms with van der Waals surface area (Å²) >= 11 is 0. The molecule has 1 saturated carbocycles. The second-order valence-electron chi connectivity index (χ2n) is 12.5. The van der Waals surface area contributed by atoms with Crippen LogP contribution in [-0.4, -0.2) is 67.9 Å². The third kappa shape index (κ3) is 6.43. The number of amides is 2. The van der Waals surface area contributed by atoms with Crippen LogP contribution in [0.25, 0.3) is 11.0 Å². The number of benzene rings is 2. The molecule has 13 heteroatoms. The largest absolute Gasteiger partial charge is 0.351 e. The van der Waals surface area contributed by atoms with E-state index in [0.717, 1.165) is 51.4 Å². The number of aromatic nitrogens is 5. The molecule has 12 nitrogen and oxygen atoms in total. The number of carbonyl (C=O) groups is 2. The van der Waals surface area contributed by atoms with Crippen LogP contribution in [0.4, 0.5) is 5.69 Å². The van der Waals surface area contributed by atoms with Crippen molar-refractivity contribution in [3.05, 3.63) is 66.0 Å². The topological polar surface area (TPSA) is 135 Å². The molecule has 4 aromatic rings. The first-order valence-corrected chi connectivity index (χ1v) is 17.6. The Morgan fingerprint density at radius 2 is 1.72 bits per heavy atom. The van der Waals surface area contributed by atoms with Crippen LogP contribution in [0, 0.1) is 6.92 Å². The zero-order chi connectivity index (χ0) is 32.4. The Morgan fingerprint density at radius 1 is 1.00 bits per heavy atom. The van der Waals surface area contributed by atoms with Crippen molar-refractivity contribution in [3.63, 3.8) is 0 Å². The van der Waals surface area contributed by atoms with Gasteiger partial charge in [0.15, 0.2) is 0 Å². The Morgan fingerprint density at radius 3 is 2.41 bits per heavy atom. The minimum absolute atomic E-state index is 0.0102. The molecule has 2 fully saturated rings. The van der Waals surface area contributed by atoms with Gasteiger partial charge < -0.3 is 5.32 Å². The van der Waals surface area contributed by atoms with E-state index in [4.69, 9.17) is 0 Å². The third-order valence-corrected chi connectivity index (χ3v) is 11.3. The summed E-state index contributed by atoms with van der Waals surface area (Å²) in [7, 11) is -1.96. The minimum Gasteiger partial charge on any atom is -0.351 e. The number of hydrogen-bond donors (Lipinski definition) is 1. The normalized spacial score (nSPS) is 18.8. The Hall–Kier alpha value is -4.10. The lowest BCUT2D eigenvalue weighted by molar-refractivity contribution is -0.127. The zero-order valence-electron chi connectivity index (χ0n) is 26.7. The third-order valence-electron chi connectivity index (χ3n) is 9.24. The maximum atomic E-state index is 14.5. The molecule has 2 amide bonds. The Balaban J connectivity index is 1.41. The summed E-state index contributed by atoms with van der Waals surface area (Å²) in [6.45, 7) is 4.05. The molecule has 2 aliphatic rings. The van der Waals surface area contributed by atoms with E-state index < -0.39 is 22.0 Å². The van der Waals surface area contributed by atoms with Crippen LogP contribution in [0.5, 0.6) is 0 Å². The molecule has 1 saturated heterocycles. The fourth-order valence-electron chi connectivity index (χ4n) is 6.83. The highest BCUT2D eigenvalue weighted by Crippen LogP contribution is 2.33. The van der Waals surface area contributed by atoms with E-state index in [1.54, 1.807) is 34.4 Å². The number of para-hydroxylation sites is 1. The van der Waals surface area contributed by atoms with Crippen molar-refractivity contribution in [3.8, 4) is 0 Å². The molecule has 1 aliphatic heterocycles. The number of aryl methyl sites for hydroxylation is 2. The summed E-state index contributed by atoms with van der Waals surface area (Å²) in [5.41, 5.74) is 2.94. The van der Waals surface area contributed by atoms with Crippen LogP contribution in [-0.2, 0) is 33.2 Å². The molecule has 1 N–H and O–H groups in total. The van der Waals surface area contributed by atoms with Gasteiger partial charge in [0.2, 0.25) is 21.8 Å². The summed E-state index contributed by atoms with van der Waals surface area (Å²) in [6.07, 6.45) is 9.38. The minimum atomic E-state index is -3.74. The number of anilines is 1. The van der Waals surface area contributed by atoms with E-state index in [9.17, 15) is 18.0 Å². The van der Waals surface area contributed by atoms with E-state index >= 15 is 0 Å². The molecule has 2 aromatic heterocycles. The molecule has 244 valence electrons. The van der Waals surface area contributed by atoms with Crippen LogP contribution < -0.4 is 10.2 Å². The summed E-state index contributed by atoms with van der Waals surface area (Å²) < 4.78 is 32.0. The zero-order valence-corrected chi connectivity index (χ0v) is 27.5. The molecule has 0 bridgehead atoms. The molecule has 3 heterocycles. The lowest BCUT2D eigenvalue weighted by atomic mass is 9.94. The molecule has 0 unspecified atom stereocenters. The van der Waals surface area contributed by atoms with Gasteiger partial charge in [-0.15, -0.1) is 5.10 Å². The fourth-order valence-corrected chi connectivity index (χ4v) is 8.53. The maximum absolute atomic E-state index is 14.5. The standard InChI is InChI=1S/C33H42N8O4S/c1-23-11-9-10-20-40(23)46(44,45)27-18-16-26(17-19-27)41(31(42)22-39-30-15-8-7-14-29(30)35-37-39)32(28-21-38(3)36-24(28)2)33(43)34-25-12-5-4-6-13-25/h7-8,14-19,21,23,25,32H,4-6,9-13,20,22H2,1-3H3,(H,34,43)/t23-,32-/m0/s1.